The van der Waals surface area contributed by atoms with Gasteiger partial charge in [0.2, 0.25) is 5.91 Å². The summed E-state index contributed by atoms with van der Waals surface area (Å²) in [6.45, 7) is 2.24. The van der Waals surface area contributed by atoms with Gasteiger partial charge in [-0.15, -0.1) is 0 Å². The molecule has 2 aliphatic rings. The minimum Gasteiger partial charge on any atom is -0.482 e. The molecule has 2 heterocycles. The maximum atomic E-state index is 13.2. The van der Waals surface area contributed by atoms with Crippen LogP contribution in [0.3, 0.4) is 0 Å². The lowest BCUT2D eigenvalue weighted by Crippen LogP contribution is -2.43. The highest BCUT2D eigenvalue weighted by Crippen LogP contribution is 2.35. The zero-order valence-electron chi connectivity index (χ0n) is 18.7. The number of ether oxygens (including phenoxy) is 1. The summed E-state index contributed by atoms with van der Waals surface area (Å²) in [6, 6.07) is 10.6. The number of anilines is 2. The van der Waals surface area contributed by atoms with Crippen LogP contribution in [0, 0.1) is 10.1 Å². The van der Waals surface area contributed by atoms with Crippen LogP contribution >= 0.6 is 0 Å². The molecule has 34 heavy (non-hydrogen) atoms. The number of hydrogen-bond donors (Lipinski definition) is 1. The van der Waals surface area contributed by atoms with Gasteiger partial charge in [0.25, 0.3) is 17.5 Å². The van der Waals surface area contributed by atoms with Crippen LogP contribution in [0.25, 0.3) is 0 Å². The fourth-order valence-corrected chi connectivity index (χ4v) is 4.01. The molecule has 1 fully saturated rings. The highest BCUT2D eigenvalue weighted by Gasteiger charge is 2.30. The van der Waals surface area contributed by atoms with E-state index in [0.29, 0.717) is 24.3 Å². The Morgan fingerprint density at radius 1 is 1.12 bits per heavy atom. The number of benzene rings is 2. The summed E-state index contributed by atoms with van der Waals surface area (Å²) in [5.41, 5.74) is 0.639. The van der Waals surface area contributed by atoms with E-state index in [4.69, 9.17) is 4.74 Å². The third-order valence-electron chi connectivity index (χ3n) is 5.84. The number of amides is 3. The first-order valence-electron chi connectivity index (χ1n) is 10.9. The zero-order valence-corrected chi connectivity index (χ0v) is 18.7. The Labute approximate surface area is 196 Å². The fourth-order valence-electron chi connectivity index (χ4n) is 4.01. The second-order valence-corrected chi connectivity index (χ2v) is 8.22. The van der Waals surface area contributed by atoms with Gasteiger partial charge in [0.15, 0.2) is 6.61 Å². The van der Waals surface area contributed by atoms with E-state index in [9.17, 15) is 24.5 Å². The SMILES string of the molecule is CN1CCCN(C(=O)c2ccccc2NC(=O)CN2C(=O)COc3ccc([N+](=O)[O-])cc32)CC1. The molecule has 2 aromatic carbocycles. The first kappa shape index (κ1) is 23.2. The van der Waals surface area contributed by atoms with Gasteiger partial charge in [-0.3, -0.25) is 29.4 Å². The van der Waals surface area contributed by atoms with E-state index in [-0.39, 0.29) is 36.2 Å². The molecule has 11 nitrogen and oxygen atoms in total. The van der Waals surface area contributed by atoms with Crippen molar-refractivity contribution >= 4 is 34.8 Å². The number of nitrogens with one attached hydrogen (secondary N) is 1. The third-order valence-corrected chi connectivity index (χ3v) is 5.84. The lowest BCUT2D eigenvalue weighted by Gasteiger charge is -2.28. The summed E-state index contributed by atoms with van der Waals surface area (Å²) < 4.78 is 5.34. The molecule has 0 atom stereocenters. The molecule has 2 aromatic rings. The predicted molar refractivity (Wildman–Crippen MR) is 124 cm³/mol. The number of fused-ring (bicyclic) bond motifs is 1. The van der Waals surface area contributed by atoms with Gasteiger partial charge in [0.05, 0.1) is 21.9 Å². The van der Waals surface area contributed by atoms with Crippen molar-refractivity contribution in [2.45, 2.75) is 6.42 Å². The van der Waals surface area contributed by atoms with Gasteiger partial charge < -0.3 is 19.9 Å². The summed E-state index contributed by atoms with van der Waals surface area (Å²) in [6.07, 6.45) is 0.863. The van der Waals surface area contributed by atoms with Gasteiger partial charge in [-0.2, -0.15) is 0 Å². The Hall–Kier alpha value is -3.99. The summed E-state index contributed by atoms with van der Waals surface area (Å²) >= 11 is 0. The molecular formula is C23H25N5O6. The molecule has 0 unspecified atom stereocenters. The monoisotopic (exact) mass is 467 g/mol. The second-order valence-electron chi connectivity index (χ2n) is 8.22. The summed E-state index contributed by atoms with van der Waals surface area (Å²) in [4.78, 5) is 54.2. The molecular weight excluding hydrogens is 442 g/mol. The molecule has 1 N–H and O–H groups in total. The van der Waals surface area contributed by atoms with Crippen LogP contribution < -0.4 is 15.0 Å². The van der Waals surface area contributed by atoms with Gasteiger partial charge in [-0.1, -0.05) is 12.1 Å². The van der Waals surface area contributed by atoms with Gasteiger partial charge in [0, 0.05) is 31.8 Å². The third kappa shape index (κ3) is 4.99. The predicted octanol–water partition coefficient (Wildman–Crippen LogP) is 1.74. The smallest absolute Gasteiger partial charge is 0.271 e. The second kappa shape index (κ2) is 9.87. The van der Waals surface area contributed by atoms with Crippen LogP contribution in [0.4, 0.5) is 17.1 Å². The standard InChI is InChI=1S/C23H25N5O6/c1-25-9-4-10-26(12-11-25)23(31)17-5-2-3-6-18(17)24-21(29)14-27-19-13-16(28(32)33)7-8-20(19)34-15-22(27)30/h2-3,5-8,13H,4,9-12,14-15H2,1H3,(H,24,29). The molecule has 2 aliphatic heterocycles. The Morgan fingerprint density at radius 3 is 2.71 bits per heavy atom. The molecule has 1 saturated heterocycles. The van der Waals surface area contributed by atoms with Gasteiger partial charge >= 0.3 is 0 Å². The van der Waals surface area contributed by atoms with Gasteiger partial charge in [0.1, 0.15) is 12.3 Å². The van der Waals surface area contributed by atoms with Crippen LogP contribution in [-0.4, -0.2) is 78.8 Å². The highest BCUT2D eigenvalue weighted by atomic mass is 16.6. The van der Waals surface area contributed by atoms with Crippen molar-refractivity contribution in [1.29, 1.82) is 0 Å². The van der Waals surface area contributed by atoms with Crippen molar-refractivity contribution in [3.63, 3.8) is 0 Å². The number of nitro groups is 1. The van der Waals surface area contributed by atoms with E-state index in [2.05, 4.69) is 10.2 Å². The van der Waals surface area contributed by atoms with Gasteiger partial charge in [-0.25, -0.2) is 0 Å². The van der Waals surface area contributed by atoms with Crippen LogP contribution in [-0.2, 0) is 9.59 Å². The number of rotatable bonds is 5. The van der Waals surface area contributed by atoms with E-state index in [0.717, 1.165) is 24.4 Å². The Kier molecular flexibility index (Phi) is 6.73. The van der Waals surface area contributed by atoms with Crippen molar-refractivity contribution in [3.05, 3.63) is 58.1 Å². The van der Waals surface area contributed by atoms with Crippen molar-refractivity contribution in [2.75, 3.05) is 56.6 Å². The van der Waals surface area contributed by atoms with Crippen LogP contribution in [0.5, 0.6) is 5.75 Å². The maximum Gasteiger partial charge on any atom is 0.271 e. The number of non-ortho nitro benzene ring substituents is 1. The molecule has 4 rings (SSSR count). The number of carbonyl (C=O) groups is 3. The molecule has 0 aromatic heterocycles. The van der Waals surface area contributed by atoms with Crippen molar-refractivity contribution in [2.24, 2.45) is 0 Å². The van der Waals surface area contributed by atoms with Crippen LogP contribution in [0.2, 0.25) is 0 Å². The average molecular weight is 467 g/mol. The Bertz CT molecular complexity index is 1140. The Balaban J connectivity index is 1.51. The quantitative estimate of drug-likeness (QED) is 0.524. The normalized spacial score (nSPS) is 16.3. The van der Waals surface area contributed by atoms with Crippen molar-refractivity contribution in [1.82, 2.24) is 9.80 Å². The maximum absolute atomic E-state index is 13.2. The molecule has 0 saturated carbocycles. The zero-order chi connectivity index (χ0) is 24.2. The molecule has 0 radical (unpaired) electrons. The lowest BCUT2D eigenvalue weighted by atomic mass is 10.1. The highest BCUT2D eigenvalue weighted by molar-refractivity contribution is 6.08. The summed E-state index contributed by atoms with van der Waals surface area (Å²) in [5.74, 6) is -0.931. The minimum absolute atomic E-state index is 0.152. The number of likely N-dealkylation sites (N-methyl/N-ethyl adjacent to an activating group) is 1. The number of carbonyl (C=O) groups excluding carboxylic acids is 3. The number of nitrogens with zero attached hydrogens (tertiary/aromatic N) is 4. The number of nitro benzene ring substituents is 1. The number of hydrogen-bond acceptors (Lipinski definition) is 7. The first-order chi connectivity index (χ1) is 16.3. The molecule has 11 heteroatoms. The summed E-state index contributed by atoms with van der Waals surface area (Å²) in [7, 11) is 2.02. The molecule has 178 valence electrons. The van der Waals surface area contributed by atoms with E-state index in [1.807, 2.05) is 7.05 Å². The van der Waals surface area contributed by atoms with E-state index in [1.54, 1.807) is 29.2 Å². The van der Waals surface area contributed by atoms with E-state index < -0.39 is 16.7 Å². The van der Waals surface area contributed by atoms with Crippen molar-refractivity contribution < 1.29 is 24.0 Å². The minimum atomic E-state index is -0.583. The Morgan fingerprint density at radius 2 is 1.91 bits per heavy atom. The van der Waals surface area contributed by atoms with Gasteiger partial charge in [-0.05, 0) is 38.2 Å². The average Bonchev–Trinajstić information content (AvgIpc) is 3.05. The van der Waals surface area contributed by atoms with E-state index in [1.165, 1.54) is 18.2 Å². The molecule has 0 bridgehead atoms. The van der Waals surface area contributed by atoms with E-state index >= 15 is 0 Å². The fraction of sp³-hybridized carbons (Fsp3) is 0.348. The molecule has 3 amide bonds. The first-order valence-corrected chi connectivity index (χ1v) is 10.9. The van der Waals surface area contributed by atoms with Crippen LogP contribution in [0.1, 0.15) is 16.8 Å². The number of para-hydroxylation sites is 1. The largest absolute Gasteiger partial charge is 0.482 e. The lowest BCUT2D eigenvalue weighted by molar-refractivity contribution is -0.384. The van der Waals surface area contributed by atoms with Crippen molar-refractivity contribution in [3.8, 4) is 5.75 Å². The molecule has 0 aliphatic carbocycles. The molecule has 0 spiro atoms. The summed E-state index contributed by atoms with van der Waals surface area (Å²) in [5, 5.41) is 13.9. The topological polar surface area (TPSA) is 125 Å². The van der Waals surface area contributed by atoms with Crippen LogP contribution in [0.15, 0.2) is 42.5 Å².